The molecule has 0 fully saturated rings. The SMILES string of the molecule is Cc1ccc(CC(=O)NCC(C)(C)N)cn1. The molecule has 0 aromatic carbocycles. The van der Waals surface area contributed by atoms with Gasteiger partial charge in [-0.15, -0.1) is 0 Å². The molecule has 0 aliphatic heterocycles. The van der Waals surface area contributed by atoms with Crippen LogP contribution in [-0.2, 0) is 11.2 Å². The average molecular weight is 221 g/mol. The maximum absolute atomic E-state index is 11.5. The molecule has 0 saturated carbocycles. The number of hydrogen-bond donors (Lipinski definition) is 2. The van der Waals surface area contributed by atoms with Crippen molar-refractivity contribution in [2.24, 2.45) is 5.73 Å². The fourth-order valence-electron chi connectivity index (χ4n) is 1.18. The van der Waals surface area contributed by atoms with Crippen molar-refractivity contribution in [2.45, 2.75) is 32.7 Å². The lowest BCUT2D eigenvalue weighted by molar-refractivity contribution is -0.120. The molecule has 88 valence electrons. The molecule has 0 unspecified atom stereocenters. The Kier molecular flexibility index (Phi) is 4.01. The maximum atomic E-state index is 11.5. The third-order valence-corrected chi connectivity index (χ3v) is 2.08. The molecule has 0 atom stereocenters. The first-order valence-electron chi connectivity index (χ1n) is 5.34. The Morgan fingerprint density at radius 3 is 2.69 bits per heavy atom. The monoisotopic (exact) mass is 221 g/mol. The minimum atomic E-state index is -0.374. The zero-order valence-electron chi connectivity index (χ0n) is 10.1. The van der Waals surface area contributed by atoms with E-state index in [0.29, 0.717) is 13.0 Å². The molecule has 1 aromatic rings. The molecule has 0 bridgehead atoms. The molecule has 1 amide bonds. The zero-order chi connectivity index (χ0) is 12.2. The molecule has 4 heteroatoms. The van der Waals surface area contributed by atoms with Crippen molar-refractivity contribution in [2.75, 3.05) is 6.54 Å². The molecule has 4 nitrogen and oxygen atoms in total. The summed E-state index contributed by atoms with van der Waals surface area (Å²) < 4.78 is 0. The van der Waals surface area contributed by atoms with Crippen molar-refractivity contribution in [3.63, 3.8) is 0 Å². The highest BCUT2D eigenvalue weighted by Crippen LogP contribution is 2.00. The summed E-state index contributed by atoms with van der Waals surface area (Å²) >= 11 is 0. The van der Waals surface area contributed by atoms with E-state index < -0.39 is 0 Å². The first kappa shape index (κ1) is 12.6. The number of aromatic nitrogens is 1. The van der Waals surface area contributed by atoms with E-state index in [1.807, 2.05) is 32.9 Å². The Morgan fingerprint density at radius 2 is 2.19 bits per heavy atom. The highest BCUT2D eigenvalue weighted by molar-refractivity contribution is 5.78. The van der Waals surface area contributed by atoms with Crippen LogP contribution in [-0.4, -0.2) is 23.0 Å². The van der Waals surface area contributed by atoms with E-state index in [1.54, 1.807) is 6.20 Å². The lowest BCUT2D eigenvalue weighted by atomic mass is 10.1. The largest absolute Gasteiger partial charge is 0.354 e. The third-order valence-electron chi connectivity index (χ3n) is 2.08. The second-order valence-corrected chi connectivity index (χ2v) is 4.75. The Balaban J connectivity index is 2.43. The van der Waals surface area contributed by atoms with E-state index in [2.05, 4.69) is 10.3 Å². The lowest BCUT2D eigenvalue weighted by Gasteiger charge is -2.18. The number of hydrogen-bond acceptors (Lipinski definition) is 3. The summed E-state index contributed by atoms with van der Waals surface area (Å²) in [5, 5.41) is 2.79. The zero-order valence-corrected chi connectivity index (χ0v) is 10.1. The smallest absolute Gasteiger partial charge is 0.224 e. The van der Waals surface area contributed by atoms with Gasteiger partial charge in [0.25, 0.3) is 0 Å². The predicted octanol–water partition coefficient (Wildman–Crippen LogP) is 0.786. The lowest BCUT2D eigenvalue weighted by Crippen LogP contribution is -2.45. The van der Waals surface area contributed by atoms with E-state index >= 15 is 0 Å². The number of rotatable bonds is 4. The van der Waals surface area contributed by atoms with Gasteiger partial charge in [0.15, 0.2) is 0 Å². The van der Waals surface area contributed by atoms with Crippen LogP contribution in [0.15, 0.2) is 18.3 Å². The van der Waals surface area contributed by atoms with Crippen LogP contribution in [0.4, 0.5) is 0 Å². The molecule has 1 aromatic heterocycles. The molecular formula is C12H19N3O. The number of nitrogens with zero attached hydrogens (tertiary/aromatic N) is 1. The van der Waals surface area contributed by atoms with E-state index in [0.717, 1.165) is 11.3 Å². The van der Waals surface area contributed by atoms with Crippen molar-refractivity contribution in [3.8, 4) is 0 Å². The highest BCUT2D eigenvalue weighted by Gasteiger charge is 2.12. The van der Waals surface area contributed by atoms with Crippen molar-refractivity contribution in [1.29, 1.82) is 0 Å². The van der Waals surface area contributed by atoms with Crippen LogP contribution in [0.3, 0.4) is 0 Å². The fraction of sp³-hybridized carbons (Fsp3) is 0.500. The number of carbonyl (C=O) groups excluding carboxylic acids is 1. The van der Waals surface area contributed by atoms with E-state index in [9.17, 15) is 4.79 Å². The fourth-order valence-corrected chi connectivity index (χ4v) is 1.18. The Hall–Kier alpha value is -1.42. The molecule has 16 heavy (non-hydrogen) atoms. The topological polar surface area (TPSA) is 68.0 Å². The molecule has 0 saturated heterocycles. The van der Waals surface area contributed by atoms with Crippen LogP contribution < -0.4 is 11.1 Å². The van der Waals surface area contributed by atoms with Crippen LogP contribution in [0.2, 0.25) is 0 Å². The van der Waals surface area contributed by atoms with Gasteiger partial charge in [-0.3, -0.25) is 9.78 Å². The van der Waals surface area contributed by atoms with Gasteiger partial charge >= 0.3 is 0 Å². The minimum Gasteiger partial charge on any atom is -0.354 e. The summed E-state index contributed by atoms with van der Waals surface area (Å²) in [6, 6.07) is 3.81. The van der Waals surface area contributed by atoms with Crippen LogP contribution >= 0.6 is 0 Å². The van der Waals surface area contributed by atoms with E-state index in [4.69, 9.17) is 5.73 Å². The highest BCUT2D eigenvalue weighted by atomic mass is 16.1. The van der Waals surface area contributed by atoms with Gasteiger partial charge in [0.05, 0.1) is 6.42 Å². The van der Waals surface area contributed by atoms with E-state index in [-0.39, 0.29) is 11.4 Å². The summed E-state index contributed by atoms with van der Waals surface area (Å²) in [6.45, 7) is 6.15. The van der Waals surface area contributed by atoms with Gasteiger partial charge in [0.2, 0.25) is 5.91 Å². The third kappa shape index (κ3) is 4.89. The van der Waals surface area contributed by atoms with Crippen molar-refractivity contribution < 1.29 is 4.79 Å². The Labute approximate surface area is 96.3 Å². The van der Waals surface area contributed by atoms with Crippen LogP contribution in [0, 0.1) is 6.92 Å². The summed E-state index contributed by atoms with van der Waals surface area (Å²) in [7, 11) is 0. The van der Waals surface area contributed by atoms with Gasteiger partial charge in [-0.1, -0.05) is 6.07 Å². The maximum Gasteiger partial charge on any atom is 0.224 e. The molecule has 1 heterocycles. The first-order chi connectivity index (χ1) is 7.37. The average Bonchev–Trinajstić information content (AvgIpc) is 2.18. The van der Waals surface area contributed by atoms with Gasteiger partial charge in [-0.2, -0.15) is 0 Å². The number of carbonyl (C=O) groups is 1. The van der Waals surface area contributed by atoms with Crippen LogP contribution in [0.1, 0.15) is 25.1 Å². The number of nitrogens with one attached hydrogen (secondary N) is 1. The molecular weight excluding hydrogens is 202 g/mol. The summed E-state index contributed by atoms with van der Waals surface area (Å²) in [6.07, 6.45) is 2.08. The second kappa shape index (κ2) is 5.07. The Morgan fingerprint density at radius 1 is 1.50 bits per heavy atom. The van der Waals surface area contributed by atoms with Crippen molar-refractivity contribution in [3.05, 3.63) is 29.6 Å². The minimum absolute atomic E-state index is 0.0239. The molecule has 0 aliphatic rings. The van der Waals surface area contributed by atoms with Crippen LogP contribution in [0.5, 0.6) is 0 Å². The summed E-state index contributed by atoms with van der Waals surface area (Å²) in [5.74, 6) is -0.0239. The quantitative estimate of drug-likeness (QED) is 0.789. The molecule has 0 spiro atoms. The van der Waals surface area contributed by atoms with Gasteiger partial charge in [0, 0.05) is 24.0 Å². The standard InChI is InChI=1S/C12H19N3O/c1-9-4-5-10(7-14-9)6-11(16)15-8-12(2,3)13/h4-5,7H,6,8,13H2,1-3H3,(H,15,16). The molecule has 0 aliphatic carbocycles. The number of aryl methyl sites for hydroxylation is 1. The van der Waals surface area contributed by atoms with Gasteiger partial charge in [0.1, 0.15) is 0 Å². The van der Waals surface area contributed by atoms with Crippen molar-refractivity contribution in [1.82, 2.24) is 10.3 Å². The second-order valence-electron chi connectivity index (χ2n) is 4.75. The first-order valence-corrected chi connectivity index (χ1v) is 5.34. The normalized spacial score (nSPS) is 11.2. The van der Waals surface area contributed by atoms with E-state index in [1.165, 1.54) is 0 Å². The summed E-state index contributed by atoms with van der Waals surface area (Å²) in [4.78, 5) is 15.7. The van der Waals surface area contributed by atoms with Gasteiger partial charge in [-0.25, -0.2) is 0 Å². The number of amides is 1. The number of nitrogens with two attached hydrogens (primary N) is 1. The summed E-state index contributed by atoms with van der Waals surface area (Å²) in [5.41, 5.74) is 7.26. The van der Waals surface area contributed by atoms with Gasteiger partial charge < -0.3 is 11.1 Å². The van der Waals surface area contributed by atoms with Gasteiger partial charge in [-0.05, 0) is 32.4 Å². The van der Waals surface area contributed by atoms with Crippen molar-refractivity contribution >= 4 is 5.91 Å². The Bertz CT molecular complexity index is 352. The molecule has 0 radical (unpaired) electrons. The molecule has 3 N–H and O–H groups in total. The van der Waals surface area contributed by atoms with Crippen LogP contribution in [0.25, 0.3) is 0 Å². The number of pyridine rings is 1. The molecule has 1 rings (SSSR count). The predicted molar refractivity (Wildman–Crippen MR) is 64.0 cm³/mol.